The lowest BCUT2D eigenvalue weighted by atomic mass is 10.1. The van der Waals surface area contributed by atoms with E-state index in [2.05, 4.69) is 16.3 Å². The lowest BCUT2D eigenvalue weighted by molar-refractivity contribution is 0.593. The van der Waals surface area contributed by atoms with Crippen molar-refractivity contribution in [2.45, 2.75) is 28.5 Å². The van der Waals surface area contributed by atoms with Gasteiger partial charge in [-0.1, -0.05) is 65.9 Å². The van der Waals surface area contributed by atoms with Gasteiger partial charge in [-0.25, -0.2) is 8.42 Å². The van der Waals surface area contributed by atoms with Gasteiger partial charge in [-0.3, -0.25) is 4.57 Å². The number of hydrogen-bond donors (Lipinski definition) is 0. The molecule has 1 aromatic heterocycles. The van der Waals surface area contributed by atoms with Crippen molar-refractivity contribution in [3.05, 3.63) is 101 Å². The van der Waals surface area contributed by atoms with Gasteiger partial charge < -0.3 is 0 Å². The minimum Gasteiger partial charge on any atom is -0.273 e. The number of sulfone groups is 1. The summed E-state index contributed by atoms with van der Waals surface area (Å²) in [4.78, 5) is 0.253. The Morgan fingerprint density at radius 3 is 2.34 bits per heavy atom. The van der Waals surface area contributed by atoms with Crippen LogP contribution in [-0.2, 0) is 21.3 Å². The number of para-hydroxylation sites is 1. The average Bonchev–Trinajstić information content (AvgIpc) is 3.20. The normalized spacial score (nSPS) is 11.2. The Kier molecular flexibility index (Phi) is 6.40. The van der Waals surface area contributed by atoms with E-state index in [1.165, 1.54) is 11.8 Å². The standard InChI is InChI=1S/C24H20N4O2S2/c1-18-11-13-22(14-12-18)32(29,30)17-23-26-27-24(28(23)21-9-3-2-4-10-21)31-16-20-8-6-5-7-19(20)15-25/h2-14H,16-17H2,1H3. The largest absolute Gasteiger partial charge is 0.273 e. The van der Waals surface area contributed by atoms with E-state index in [4.69, 9.17) is 0 Å². The van der Waals surface area contributed by atoms with Gasteiger partial charge in [0.1, 0.15) is 5.75 Å². The molecule has 1 heterocycles. The SMILES string of the molecule is Cc1ccc(S(=O)(=O)Cc2nnc(SCc3ccccc3C#N)n2-c2ccccc2)cc1. The highest BCUT2D eigenvalue weighted by atomic mass is 32.2. The van der Waals surface area contributed by atoms with Crippen LogP contribution in [0.1, 0.15) is 22.5 Å². The van der Waals surface area contributed by atoms with Gasteiger partial charge in [0.15, 0.2) is 20.8 Å². The van der Waals surface area contributed by atoms with Gasteiger partial charge in [0.25, 0.3) is 0 Å². The first-order chi connectivity index (χ1) is 15.5. The van der Waals surface area contributed by atoms with Crippen LogP contribution in [0.25, 0.3) is 5.69 Å². The molecule has 0 bridgehead atoms. The van der Waals surface area contributed by atoms with E-state index >= 15 is 0 Å². The molecule has 0 N–H and O–H groups in total. The van der Waals surface area contributed by atoms with E-state index in [0.717, 1.165) is 16.8 Å². The Hall–Kier alpha value is -3.41. The van der Waals surface area contributed by atoms with Gasteiger partial charge in [-0.2, -0.15) is 5.26 Å². The van der Waals surface area contributed by atoms with Crippen LogP contribution in [0.2, 0.25) is 0 Å². The molecule has 0 saturated heterocycles. The summed E-state index contributed by atoms with van der Waals surface area (Å²) in [6, 6.07) is 25.8. The van der Waals surface area contributed by atoms with Crippen molar-refractivity contribution in [2.75, 3.05) is 0 Å². The number of benzene rings is 3. The fraction of sp³-hybridized carbons (Fsp3) is 0.125. The number of nitrogens with zero attached hydrogens (tertiary/aromatic N) is 4. The van der Waals surface area contributed by atoms with E-state index in [1.54, 1.807) is 34.9 Å². The van der Waals surface area contributed by atoms with Crippen molar-refractivity contribution in [3.8, 4) is 11.8 Å². The molecule has 0 aliphatic heterocycles. The van der Waals surface area contributed by atoms with Gasteiger partial charge in [-0.05, 0) is 42.8 Å². The van der Waals surface area contributed by atoms with E-state index in [1.807, 2.05) is 55.5 Å². The summed E-state index contributed by atoms with van der Waals surface area (Å²) in [5.41, 5.74) is 3.26. The molecular weight excluding hydrogens is 440 g/mol. The van der Waals surface area contributed by atoms with E-state index in [9.17, 15) is 13.7 Å². The van der Waals surface area contributed by atoms with Gasteiger partial charge in [0, 0.05) is 11.4 Å². The monoisotopic (exact) mass is 460 g/mol. The highest BCUT2D eigenvalue weighted by Crippen LogP contribution is 2.28. The molecule has 160 valence electrons. The van der Waals surface area contributed by atoms with Crippen LogP contribution >= 0.6 is 11.8 Å². The quantitative estimate of drug-likeness (QED) is 0.371. The van der Waals surface area contributed by atoms with Crippen molar-refractivity contribution in [2.24, 2.45) is 0 Å². The second-order valence-electron chi connectivity index (χ2n) is 7.20. The minimum atomic E-state index is -3.60. The zero-order chi connectivity index (χ0) is 22.6. The van der Waals surface area contributed by atoms with E-state index < -0.39 is 9.84 Å². The lowest BCUT2D eigenvalue weighted by Crippen LogP contribution is -2.11. The molecule has 6 nitrogen and oxygen atoms in total. The van der Waals surface area contributed by atoms with Gasteiger partial charge in [0.05, 0.1) is 16.5 Å². The van der Waals surface area contributed by atoms with Crippen molar-refractivity contribution >= 4 is 21.6 Å². The predicted molar refractivity (Wildman–Crippen MR) is 124 cm³/mol. The molecule has 0 aliphatic rings. The molecule has 0 unspecified atom stereocenters. The third-order valence-corrected chi connectivity index (χ3v) is 7.51. The van der Waals surface area contributed by atoms with E-state index in [-0.39, 0.29) is 10.6 Å². The summed E-state index contributed by atoms with van der Waals surface area (Å²) in [6.07, 6.45) is 0. The highest BCUT2D eigenvalue weighted by molar-refractivity contribution is 7.98. The van der Waals surface area contributed by atoms with E-state index in [0.29, 0.717) is 22.3 Å². The first kappa shape index (κ1) is 21.8. The zero-order valence-corrected chi connectivity index (χ0v) is 19.0. The number of aryl methyl sites for hydroxylation is 1. The number of hydrogen-bond acceptors (Lipinski definition) is 6. The molecule has 32 heavy (non-hydrogen) atoms. The highest BCUT2D eigenvalue weighted by Gasteiger charge is 2.22. The number of thioether (sulfide) groups is 1. The zero-order valence-electron chi connectivity index (χ0n) is 17.3. The molecule has 0 fully saturated rings. The Bertz CT molecular complexity index is 1370. The van der Waals surface area contributed by atoms with Crippen molar-refractivity contribution in [1.29, 1.82) is 5.26 Å². The van der Waals surface area contributed by atoms with Crippen LogP contribution in [0.3, 0.4) is 0 Å². The molecular formula is C24H20N4O2S2. The van der Waals surface area contributed by atoms with Crippen molar-refractivity contribution < 1.29 is 8.42 Å². The van der Waals surface area contributed by atoms with Crippen LogP contribution in [0, 0.1) is 18.3 Å². The Labute approximate surface area is 191 Å². The summed E-state index contributed by atoms with van der Waals surface area (Å²) in [6.45, 7) is 1.91. The molecule has 3 aromatic carbocycles. The van der Waals surface area contributed by atoms with Crippen molar-refractivity contribution in [1.82, 2.24) is 14.8 Å². The second kappa shape index (κ2) is 9.39. The van der Waals surface area contributed by atoms with Crippen LogP contribution in [0.5, 0.6) is 0 Å². The molecule has 0 amide bonds. The Morgan fingerprint density at radius 2 is 1.62 bits per heavy atom. The number of rotatable bonds is 7. The molecule has 0 saturated carbocycles. The Balaban J connectivity index is 1.68. The van der Waals surface area contributed by atoms with Gasteiger partial charge in [0.2, 0.25) is 0 Å². The summed E-state index contributed by atoms with van der Waals surface area (Å²) in [7, 11) is -3.60. The molecule has 0 spiro atoms. The summed E-state index contributed by atoms with van der Waals surface area (Å²) in [5.74, 6) is 0.583. The van der Waals surface area contributed by atoms with Gasteiger partial charge >= 0.3 is 0 Å². The first-order valence-electron chi connectivity index (χ1n) is 9.88. The maximum absolute atomic E-state index is 13.0. The summed E-state index contributed by atoms with van der Waals surface area (Å²) < 4.78 is 27.9. The molecule has 0 aliphatic carbocycles. The van der Waals surface area contributed by atoms with Crippen LogP contribution < -0.4 is 0 Å². The first-order valence-corrected chi connectivity index (χ1v) is 12.5. The molecule has 8 heteroatoms. The minimum absolute atomic E-state index is 0.253. The van der Waals surface area contributed by atoms with Crippen LogP contribution in [0.4, 0.5) is 0 Å². The average molecular weight is 461 g/mol. The molecule has 4 rings (SSSR count). The van der Waals surface area contributed by atoms with Crippen LogP contribution in [0.15, 0.2) is 88.9 Å². The van der Waals surface area contributed by atoms with Crippen molar-refractivity contribution in [3.63, 3.8) is 0 Å². The van der Waals surface area contributed by atoms with Gasteiger partial charge in [-0.15, -0.1) is 10.2 Å². The summed E-state index contributed by atoms with van der Waals surface area (Å²) >= 11 is 1.41. The van der Waals surface area contributed by atoms with Crippen LogP contribution in [-0.4, -0.2) is 23.2 Å². The fourth-order valence-electron chi connectivity index (χ4n) is 3.22. The third-order valence-electron chi connectivity index (χ3n) is 4.91. The molecule has 4 aromatic rings. The predicted octanol–water partition coefficient (Wildman–Crippen LogP) is 4.71. The smallest absolute Gasteiger partial charge is 0.196 e. The maximum Gasteiger partial charge on any atom is 0.196 e. The fourth-order valence-corrected chi connectivity index (χ4v) is 5.44. The lowest BCUT2D eigenvalue weighted by Gasteiger charge is -2.11. The topological polar surface area (TPSA) is 88.6 Å². The maximum atomic E-state index is 13.0. The third kappa shape index (κ3) is 4.74. The Morgan fingerprint density at radius 1 is 0.938 bits per heavy atom. The molecule has 0 radical (unpaired) electrons. The number of nitriles is 1. The second-order valence-corrected chi connectivity index (χ2v) is 10.1. The summed E-state index contributed by atoms with van der Waals surface area (Å²) in [5, 5.41) is 18.4. The molecule has 0 atom stereocenters. The number of aromatic nitrogens is 3.